The van der Waals surface area contributed by atoms with Gasteiger partial charge in [-0.3, -0.25) is 9.78 Å². The topological polar surface area (TPSA) is 87.4 Å². The lowest BCUT2D eigenvalue weighted by molar-refractivity contribution is -0.123. The summed E-state index contributed by atoms with van der Waals surface area (Å²) in [5, 5.41) is 11.8. The Morgan fingerprint density at radius 3 is 2.55 bits per heavy atom. The van der Waals surface area contributed by atoms with E-state index in [-0.39, 0.29) is 12.5 Å². The van der Waals surface area contributed by atoms with Crippen LogP contribution in [0.1, 0.15) is 18.4 Å². The number of nitriles is 1. The maximum Gasteiger partial charge on any atom is 0.257 e. The highest BCUT2D eigenvalue weighted by molar-refractivity contribution is 5.87. The molecule has 0 saturated carbocycles. The number of rotatable bonds is 10. The zero-order chi connectivity index (χ0) is 21.7. The number of aromatic nitrogens is 1. The van der Waals surface area contributed by atoms with Gasteiger partial charge >= 0.3 is 0 Å². The van der Waals surface area contributed by atoms with Crippen LogP contribution in [0.15, 0.2) is 84.1 Å². The van der Waals surface area contributed by atoms with Crippen molar-refractivity contribution in [3.8, 4) is 23.1 Å². The minimum atomic E-state index is -0.184. The molecule has 0 atom stereocenters. The first-order chi connectivity index (χ1) is 15.3. The van der Waals surface area contributed by atoms with Crippen LogP contribution < -0.4 is 10.1 Å². The molecule has 3 aromatic rings. The molecule has 2 aromatic carbocycles. The van der Waals surface area contributed by atoms with Crippen LogP contribution in [0.25, 0.3) is 11.1 Å². The number of nitrogens with zero attached hydrogens (tertiary/aromatic N) is 3. The van der Waals surface area contributed by atoms with Gasteiger partial charge in [0.2, 0.25) is 6.19 Å². The monoisotopic (exact) mass is 412 g/mol. The molecule has 0 bridgehead atoms. The predicted molar refractivity (Wildman–Crippen MR) is 121 cm³/mol. The number of hydrogen-bond acceptors (Lipinski definition) is 5. The lowest BCUT2D eigenvalue weighted by atomic mass is 10.1. The molecule has 0 unspecified atom stereocenters. The number of carbonyl (C=O) groups excluding carboxylic acids is 1. The number of para-hydroxylation sites is 1. The van der Waals surface area contributed by atoms with Crippen molar-refractivity contribution in [1.29, 1.82) is 5.26 Å². The molecule has 0 aliphatic carbocycles. The third kappa shape index (κ3) is 7.09. The summed E-state index contributed by atoms with van der Waals surface area (Å²) in [7, 11) is 0. The number of nitrogens with one attached hydrogen (secondary N) is 1. The Labute approximate surface area is 182 Å². The Morgan fingerprint density at radius 2 is 1.77 bits per heavy atom. The van der Waals surface area contributed by atoms with Gasteiger partial charge in [0.25, 0.3) is 5.91 Å². The fraction of sp³-hybridized carbons (Fsp3) is 0.200. The SMILES string of the molecule is N#CN=C(CCCNC(=O)COc1ccccc1-c1ccccc1)Cc1ccncc1. The van der Waals surface area contributed by atoms with Gasteiger partial charge in [-0.1, -0.05) is 48.5 Å². The van der Waals surface area contributed by atoms with Crippen molar-refractivity contribution < 1.29 is 9.53 Å². The zero-order valence-electron chi connectivity index (χ0n) is 17.2. The van der Waals surface area contributed by atoms with Crippen LogP contribution >= 0.6 is 0 Å². The fourth-order valence-corrected chi connectivity index (χ4v) is 3.15. The lowest BCUT2D eigenvalue weighted by Crippen LogP contribution is -2.30. The Bertz CT molecular complexity index is 1040. The van der Waals surface area contributed by atoms with Crippen molar-refractivity contribution in [2.24, 2.45) is 4.99 Å². The summed E-state index contributed by atoms with van der Waals surface area (Å²) in [6, 6.07) is 21.4. The van der Waals surface area contributed by atoms with E-state index in [1.807, 2.05) is 72.9 Å². The normalized spacial score (nSPS) is 10.9. The second-order valence-corrected chi connectivity index (χ2v) is 6.91. The molecule has 1 N–H and O–H groups in total. The van der Waals surface area contributed by atoms with Gasteiger partial charge in [-0.25, -0.2) is 0 Å². The number of ether oxygens (including phenoxy) is 1. The van der Waals surface area contributed by atoms with Crippen molar-refractivity contribution in [3.63, 3.8) is 0 Å². The highest BCUT2D eigenvalue weighted by Crippen LogP contribution is 2.29. The maximum atomic E-state index is 12.2. The van der Waals surface area contributed by atoms with E-state index in [4.69, 9.17) is 10.00 Å². The second-order valence-electron chi connectivity index (χ2n) is 6.91. The quantitative estimate of drug-likeness (QED) is 0.307. The predicted octanol–water partition coefficient (Wildman–Crippen LogP) is 4.19. The summed E-state index contributed by atoms with van der Waals surface area (Å²) in [6.07, 6.45) is 7.22. The number of amides is 1. The van der Waals surface area contributed by atoms with Gasteiger partial charge in [0.15, 0.2) is 6.61 Å². The molecule has 0 saturated heterocycles. The number of hydrogen-bond donors (Lipinski definition) is 1. The van der Waals surface area contributed by atoms with Crippen molar-refractivity contribution >= 4 is 11.6 Å². The molecule has 31 heavy (non-hydrogen) atoms. The summed E-state index contributed by atoms with van der Waals surface area (Å²) in [5.74, 6) is 0.486. The molecule has 0 aliphatic rings. The summed E-state index contributed by atoms with van der Waals surface area (Å²) in [6.45, 7) is 0.434. The van der Waals surface area contributed by atoms with E-state index in [0.717, 1.165) is 22.4 Å². The Hall–Kier alpha value is -3.98. The van der Waals surface area contributed by atoms with Gasteiger partial charge in [-0.05, 0) is 42.2 Å². The molecule has 156 valence electrons. The third-order valence-electron chi connectivity index (χ3n) is 4.66. The molecule has 1 aromatic heterocycles. The van der Waals surface area contributed by atoms with Crippen molar-refractivity contribution in [2.45, 2.75) is 19.3 Å². The Kier molecular flexibility index (Phi) is 8.33. The first-order valence-corrected chi connectivity index (χ1v) is 10.1. The van der Waals surface area contributed by atoms with Gasteiger partial charge in [0.05, 0.1) is 0 Å². The van der Waals surface area contributed by atoms with Gasteiger partial charge in [0, 0.05) is 36.6 Å². The third-order valence-corrected chi connectivity index (χ3v) is 4.66. The molecular formula is C25H24N4O2. The molecule has 6 nitrogen and oxygen atoms in total. The molecule has 1 heterocycles. The highest BCUT2D eigenvalue weighted by Gasteiger charge is 2.08. The second kappa shape index (κ2) is 11.9. The van der Waals surface area contributed by atoms with Gasteiger partial charge in [0.1, 0.15) is 5.75 Å². The van der Waals surface area contributed by atoms with Crippen molar-refractivity contribution in [1.82, 2.24) is 10.3 Å². The molecule has 6 heteroatoms. The van der Waals surface area contributed by atoms with Crippen LogP contribution in [-0.4, -0.2) is 29.8 Å². The highest BCUT2D eigenvalue weighted by atomic mass is 16.5. The summed E-state index contributed by atoms with van der Waals surface area (Å²) in [4.78, 5) is 20.1. The minimum absolute atomic E-state index is 0.0556. The molecule has 0 aliphatic heterocycles. The summed E-state index contributed by atoms with van der Waals surface area (Å²) >= 11 is 0. The van der Waals surface area contributed by atoms with E-state index in [9.17, 15) is 4.79 Å². The van der Waals surface area contributed by atoms with Crippen LogP contribution in [-0.2, 0) is 11.2 Å². The van der Waals surface area contributed by atoms with E-state index < -0.39 is 0 Å². The number of aliphatic imine (C=N–C) groups is 1. The number of pyridine rings is 1. The van der Waals surface area contributed by atoms with Crippen LogP contribution in [0, 0.1) is 11.5 Å². The molecular weight excluding hydrogens is 388 g/mol. The minimum Gasteiger partial charge on any atom is -0.483 e. The average Bonchev–Trinajstić information content (AvgIpc) is 2.82. The van der Waals surface area contributed by atoms with Gasteiger partial charge in [-0.2, -0.15) is 10.3 Å². The Balaban J connectivity index is 1.44. The van der Waals surface area contributed by atoms with E-state index in [1.165, 1.54) is 0 Å². The smallest absolute Gasteiger partial charge is 0.257 e. The first-order valence-electron chi connectivity index (χ1n) is 10.1. The van der Waals surface area contributed by atoms with E-state index >= 15 is 0 Å². The standard InChI is InChI=1S/C25H24N4O2/c26-19-29-22(17-20-12-15-27-16-13-20)9-6-14-28-25(30)18-31-24-11-5-4-10-23(24)21-7-2-1-3-8-21/h1-5,7-8,10-13,15-16H,6,9,14,17-18H2,(H,28,30). The maximum absolute atomic E-state index is 12.2. The molecule has 1 amide bonds. The number of benzene rings is 2. The van der Waals surface area contributed by atoms with Crippen LogP contribution in [0.4, 0.5) is 0 Å². The Morgan fingerprint density at radius 1 is 1.03 bits per heavy atom. The van der Waals surface area contributed by atoms with Crippen LogP contribution in [0.5, 0.6) is 5.75 Å². The summed E-state index contributed by atoms with van der Waals surface area (Å²) in [5.41, 5.74) is 3.83. The lowest BCUT2D eigenvalue weighted by Gasteiger charge is -2.12. The van der Waals surface area contributed by atoms with E-state index in [0.29, 0.717) is 31.6 Å². The largest absolute Gasteiger partial charge is 0.483 e. The first kappa shape index (κ1) is 21.7. The van der Waals surface area contributed by atoms with Crippen molar-refractivity contribution in [2.75, 3.05) is 13.2 Å². The fourth-order valence-electron chi connectivity index (χ4n) is 3.15. The van der Waals surface area contributed by atoms with E-state index in [1.54, 1.807) is 12.4 Å². The van der Waals surface area contributed by atoms with Gasteiger partial charge < -0.3 is 10.1 Å². The van der Waals surface area contributed by atoms with Gasteiger partial charge in [-0.15, -0.1) is 0 Å². The molecule has 0 fully saturated rings. The van der Waals surface area contributed by atoms with Crippen LogP contribution in [0.3, 0.4) is 0 Å². The average molecular weight is 412 g/mol. The molecule has 3 rings (SSSR count). The van der Waals surface area contributed by atoms with Crippen LogP contribution in [0.2, 0.25) is 0 Å². The summed E-state index contributed by atoms with van der Waals surface area (Å²) < 4.78 is 5.76. The van der Waals surface area contributed by atoms with Crippen molar-refractivity contribution in [3.05, 3.63) is 84.7 Å². The van der Waals surface area contributed by atoms with E-state index in [2.05, 4.69) is 15.3 Å². The molecule has 0 spiro atoms. The molecule has 0 radical (unpaired) electrons. The zero-order valence-corrected chi connectivity index (χ0v) is 17.2. The number of carbonyl (C=O) groups is 1.